The van der Waals surface area contributed by atoms with Gasteiger partial charge in [-0.25, -0.2) is 0 Å². The molecule has 1 saturated carbocycles. The third kappa shape index (κ3) is 3.96. The van der Waals surface area contributed by atoms with Crippen LogP contribution in [0.1, 0.15) is 43.0 Å². The predicted octanol–water partition coefficient (Wildman–Crippen LogP) is 3.59. The summed E-state index contributed by atoms with van der Waals surface area (Å²) in [6, 6.07) is 5.31. The maximum Gasteiger partial charge on any atom is 0.252 e. The summed E-state index contributed by atoms with van der Waals surface area (Å²) in [4.78, 5) is 12.1. The van der Waals surface area contributed by atoms with Crippen molar-refractivity contribution < 1.29 is 4.79 Å². The largest absolute Gasteiger partial charge is 0.399 e. The predicted molar refractivity (Wildman–Crippen MR) is 82.0 cm³/mol. The van der Waals surface area contributed by atoms with Crippen LogP contribution in [-0.2, 0) is 0 Å². The Kier molecular flexibility index (Phi) is 4.86. The van der Waals surface area contributed by atoms with Crippen LogP contribution >= 0.6 is 15.9 Å². The van der Waals surface area contributed by atoms with Gasteiger partial charge in [0.05, 0.1) is 5.56 Å². The second-order valence-electron chi connectivity index (χ2n) is 5.59. The quantitative estimate of drug-likeness (QED) is 0.835. The van der Waals surface area contributed by atoms with Gasteiger partial charge in [-0.1, -0.05) is 19.8 Å². The molecule has 2 rings (SSSR count). The topological polar surface area (TPSA) is 55.1 Å². The molecule has 0 aromatic heterocycles. The van der Waals surface area contributed by atoms with Crippen molar-refractivity contribution in [1.82, 2.24) is 5.32 Å². The van der Waals surface area contributed by atoms with Gasteiger partial charge in [0.15, 0.2) is 0 Å². The molecule has 1 aliphatic carbocycles. The van der Waals surface area contributed by atoms with Crippen molar-refractivity contribution in [3.05, 3.63) is 28.2 Å². The van der Waals surface area contributed by atoms with Gasteiger partial charge < -0.3 is 11.1 Å². The molecule has 3 nitrogen and oxygen atoms in total. The Labute approximate surface area is 123 Å². The molecule has 19 heavy (non-hydrogen) atoms. The fourth-order valence-corrected chi connectivity index (χ4v) is 3.22. The minimum Gasteiger partial charge on any atom is -0.399 e. The molecule has 1 aliphatic rings. The van der Waals surface area contributed by atoms with E-state index in [0.29, 0.717) is 17.2 Å². The molecule has 0 spiro atoms. The van der Waals surface area contributed by atoms with Crippen molar-refractivity contribution in [1.29, 1.82) is 0 Å². The number of nitrogens with one attached hydrogen (secondary N) is 1. The monoisotopic (exact) mass is 324 g/mol. The number of anilines is 1. The zero-order valence-electron chi connectivity index (χ0n) is 11.3. The average Bonchev–Trinajstić information content (AvgIpc) is 2.39. The molecule has 4 heteroatoms. The lowest BCUT2D eigenvalue weighted by atomic mass is 9.82. The second kappa shape index (κ2) is 6.42. The van der Waals surface area contributed by atoms with E-state index in [0.717, 1.165) is 16.9 Å². The Morgan fingerprint density at radius 2 is 2.26 bits per heavy atom. The Morgan fingerprint density at radius 1 is 1.47 bits per heavy atom. The molecule has 0 heterocycles. The van der Waals surface area contributed by atoms with Crippen molar-refractivity contribution in [2.75, 3.05) is 12.3 Å². The summed E-state index contributed by atoms with van der Waals surface area (Å²) in [5.74, 6) is 1.36. The summed E-state index contributed by atoms with van der Waals surface area (Å²) in [6.45, 7) is 3.06. The lowest BCUT2D eigenvalue weighted by Gasteiger charge is -2.26. The normalized spacial score (nSPS) is 23.1. The van der Waals surface area contributed by atoms with Crippen molar-refractivity contribution >= 4 is 27.5 Å². The van der Waals surface area contributed by atoms with Crippen molar-refractivity contribution in [2.45, 2.75) is 32.6 Å². The van der Waals surface area contributed by atoms with E-state index in [-0.39, 0.29) is 5.91 Å². The Morgan fingerprint density at radius 3 is 3.00 bits per heavy atom. The first-order chi connectivity index (χ1) is 9.06. The number of halogens is 1. The third-order valence-electron chi connectivity index (χ3n) is 3.83. The van der Waals surface area contributed by atoms with Gasteiger partial charge in [0, 0.05) is 16.7 Å². The highest BCUT2D eigenvalue weighted by Crippen LogP contribution is 2.28. The molecule has 0 aliphatic heterocycles. The van der Waals surface area contributed by atoms with Crippen LogP contribution in [0.4, 0.5) is 5.69 Å². The molecule has 104 valence electrons. The molecule has 1 aromatic rings. The van der Waals surface area contributed by atoms with E-state index in [2.05, 4.69) is 28.2 Å². The smallest absolute Gasteiger partial charge is 0.252 e. The SMILES string of the molecule is CC1CCCC(CNC(=O)c2cc(N)ccc2Br)C1. The van der Waals surface area contributed by atoms with E-state index < -0.39 is 0 Å². The van der Waals surface area contributed by atoms with Crippen molar-refractivity contribution in [3.8, 4) is 0 Å². The molecule has 2 unspecified atom stereocenters. The summed E-state index contributed by atoms with van der Waals surface area (Å²) in [5.41, 5.74) is 6.95. The molecular formula is C15H21BrN2O. The second-order valence-corrected chi connectivity index (χ2v) is 6.44. The number of hydrogen-bond acceptors (Lipinski definition) is 2. The van der Waals surface area contributed by atoms with E-state index >= 15 is 0 Å². The third-order valence-corrected chi connectivity index (χ3v) is 4.52. The fourth-order valence-electron chi connectivity index (χ4n) is 2.79. The van der Waals surface area contributed by atoms with Gasteiger partial charge in [0.25, 0.3) is 5.91 Å². The zero-order valence-corrected chi connectivity index (χ0v) is 12.9. The number of hydrogen-bond donors (Lipinski definition) is 2. The molecule has 1 aromatic carbocycles. The van der Waals surface area contributed by atoms with Crippen LogP contribution < -0.4 is 11.1 Å². The molecule has 1 fully saturated rings. The standard InChI is InChI=1S/C15H21BrN2O/c1-10-3-2-4-11(7-10)9-18-15(19)13-8-12(17)5-6-14(13)16/h5-6,8,10-11H,2-4,7,9,17H2,1H3,(H,18,19). The van der Waals surface area contributed by atoms with E-state index in [1.807, 2.05) is 6.07 Å². The summed E-state index contributed by atoms with van der Waals surface area (Å²) < 4.78 is 0.788. The first-order valence-corrected chi connectivity index (χ1v) is 7.68. The molecular weight excluding hydrogens is 304 g/mol. The van der Waals surface area contributed by atoms with Crippen molar-refractivity contribution in [2.24, 2.45) is 11.8 Å². The number of amides is 1. The van der Waals surface area contributed by atoms with E-state index in [1.165, 1.54) is 25.7 Å². The fraction of sp³-hybridized carbons (Fsp3) is 0.533. The molecule has 2 atom stereocenters. The van der Waals surface area contributed by atoms with Crippen LogP contribution in [0.3, 0.4) is 0 Å². The molecule has 0 bridgehead atoms. The maximum absolute atomic E-state index is 12.1. The summed E-state index contributed by atoms with van der Waals surface area (Å²) >= 11 is 3.39. The number of carbonyl (C=O) groups is 1. The van der Waals surface area contributed by atoms with Crippen LogP contribution in [0.5, 0.6) is 0 Å². The first-order valence-electron chi connectivity index (χ1n) is 6.89. The summed E-state index contributed by atoms with van der Waals surface area (Å²) in [7, 11) is 0. The number of benzene rings is 1. The Hall–Kier alpha value is -1.03. The van der Waals surface area contributed by atoms with Crippen molar-refractivity contribution in [3.63, 3.8) is 0 Å². The Balaban J connectivity index is 1.92. The highest BCUT2D eigenvalue weighted by atomic mass is 79.9. The lowest BCUT2D eigenvalue weighted by molar-refractivity contribution is 0.0940. The van der Waals surface area contributed by atoms with Gasteiger partial charge in [0.1, 0.15) is 0 Å². The van der Waals surface area contributed by atoms with Gasteiger partial charge >= 0.3 is 0 Å². The van der Waals surface area contributed by atoms with Crippen LogP contribution in [0.15, 0.2) is 22.7 Å². The van der Waals surface area contributed by atoms with E-state index in [9.17, 15) is 4.79 Å². The van der Waals surface area contributed by atoms with Crippen LogP contribution in [0.2, 0.25) is 0 Å². The number of rotatable bonds is 3. The zero-order chi connectivity index (χ0) is 13.8. The van der Waals surface area contributed by atoms with E-state index in [4.69, 9.17) is 5.73 Å². The number of nitrogen functional groups attached to an aromatic ring is 1. The summed E-state index contributed by atoms with van der Waals surface area (Å²) in [5, 5.41) is 3.03. The summed E-state index contributed by atoms with van der Waals surface area (Å²) in [6.07, 6.45) is 5.05. The molecule has 1 amide bonds. The van der Waals surface area contributed by atoms with Gasteiger partial charge in [-0.15, -0.1) is 0 Å². The van der Waals surface area contributed by atoms with Crippen LogP contribution in [0.25, 0.3) is 0 Å². The maximum atomic E-state index is 12.1. The first kappa shape index (κ1) is 14.4. The van der Waals surface area contributed by atoms with Gasteiger partial charge in [-0.3, -0.25) is 4.79 Å². The van der Waals surface area contributed by atoms with E-state index in [1.54, 1.807) is 12.1 Å². The van der Waals surface area contributed by atoms with Crippen LogP contribution in [0, 0.1) is 11.8 Å². The minimum absolute atomic E-state index is 0.0441. The molecule has 0 radical (unpaired) electrons. The van der Waals surface area contributed by atoms with Gasteiger partial charge in [0.2, 0.25) is 0 Å². The lowest BCUT2D eigenvalue weighted by Crippen LogP contribution is -2.31. The highest BCUT2D eigenvalue weighted by Gasteiger charge is 2.20. The number of carbonyl (C=O) groups excluding carboxylic acids is 1. The number of nitrogens with two attached hydrogens (primary N) is 1. The molecule has 3 N–H and O–H groups in total. The van der Waals surface area contributed by atoms with Gasteiger partial charge in [-0.2, -0.15) is 0 Å². The Bertz CT molecular complexity index is 461. The molecule has 0 saturated heterocycles. The van der Waals surface area contributed by atoms with Gasteiger partial charge in [-0.05, 0) is 58.8 Å². The average molecular weight is 325 g/mol. The van der Waals surface area contributed by atoms with Crippen LogP contribution in [-0.4, -0.2) is 12.5 Å². The highest BCUT2D eigenvalue weighted by molar-refractivity contribution is 9.10. The minimum atomic E-state index is -0.0441.